The van der Waals surface area contributed by atoms with Gasteiger partial charge >= 0.3 is 277 Å². The first-order valence-electron chi connectivity index (χ1n) is 17.6. The molecule has 1 heterocycles. The molecule has 1 aliphatic heterocycles. The monoisotopic (exact) mass is 695 g/mol. The molecule has 45 heavy (non-hydrogen) atoms. The van der Waals surface area contributed by atoms with Crippen LogP contribution in [0, 0.1) is 0 Å². The Hall–Kier alpha value is -0.210. The topological polar surface area (TPSA) is 94.5 Å². The molecule has 0 aromatic heterocycles. The van der Waals surface area contributed by atoms with Crippen LogP contribution in [0.25, 0.3) is 0 Å². The van der Waals surface area contributed by atoms with E-state index in [1.807, 2.05) is 30.3 Å². The van der Waals surface area contributed by atoms with E-state index in [4.69, 9.17) is 32.3 Å². The average molecular weight is 696 g/mol. The van der Waals surface area contributed by atoms with E-state index < -0.39 is 23.9 Å². The van der Waals surface area contributed by atoms with Crippen molar-refractivity contribution in [3.05, 3.63) is 30.3 Å². The van der Waals surface area contributed by atoms with Crippen LogP contribution in [-0.2, 0) is 23.2 Å². The van der Waals surface area contributed by atoms with Gasteiger partial charge in [-0.2, -0.15) is 0 Å². The van der Waals surface area contributed by atoms with Gasteiger partial charge in [0.1, 0.15) is 0 Å². The molecule has 0 saturated heterocycles. The predicted octanol–water partition coefficient (Wildman–Crippen LogP) is 11.2. The Labute approximate surface area is 276 Å². The number of para-hydroxylation sites is 1. The third-order valence-corrected chi connectivity index (χ3v) is 16.9. The van der Waals surface area contributed by atoms with Crippen LogP contribution in [0.2, 0.25) is 0 Å². The Balaban J connectivity index is 2.75. The summed E-state index contributed by atoms with van der Waals surface area (Å²) in [6.07, 6.45) is 14.5. The van der Waals surface area contributed by atoms with E-state index in [0.29, 0.717) is 38.8 Å². The molecule has 2 atom stereocenters. The molecule has 0 saturated carbocycles. The molecule has 13 heteroatoms. The van der Waals surface area contributed by atoms with Crippen LogP contribution in [0.4, 0.5) is 0 Å². The van der Waals surface area contributed by atoms with Crippen LogP contribution in [-0.4, -0.2) is 53.7 Å². The van der Waals surface area contributed by atoms with E-state index >= 15 is 0 Å². The van der Waals surface area contributed by atoms with Crippen LogP contribution in [0.15, 0.2) is 34.8 Å². The van der Waals surface area contributed by atoms with Crippen LogP contribution >= 0.6 is 23.9 Å². The van der Waals surface area contributed by atoms with Gasteiger partial charge in [0.25, 0.3) is 0 Å². The maximum absolute atomic E-state index is 11.5. The Bertz CT molecular complexity index is 921. The van der Waals surface area contributed by atoms with Crippen LogP contribution < -0.4 is 4.52 Å². The van der Waals surface area contributed by atoms with Gasteiger partial charge in [0, 0.05) is 0 Å². The fraction of sp³-hybridized carbons (Fsp3) is 0.812. The van der Waals surface area contributed by atoms with Crippen molar-refractivity contribution in [2.24, 2.45) is 4.52 Å². The van der Waals surface area contributed by atoms with Crippen LogP contribution in [0.3, 0.4) is 0 Å². The number of benzene rings is 1. The Morgan fingerprint density at radius 1 is 0.689 bits per heavy atom. The Morgan fingerprint density at radius 2 is 1.22 bits per heavy atom. The molecule has 0 amide bonds. The molecule has 0 fully saturated rings. The van der Waals surface area contributed by atoms with Gasteiger partial charge in [0.05, 0.1) is 0 Å². The molecule has 2 unspecified atom stereocenters. The van der Waals surface area contributed by atoms with Gasteiger partial charge < -0.3 is 0 Å². The molecule has 1 aromatic carbocycles. The van der Waals surface area contributed by atoms with Gasteiger partial charge in [-0.3, -0.25) is 0 Å². The summed E-state index contributed by atoms with van der Waals surface area (Å²) in [6, 6.07) is 9.64. The number of aliphatic hydroxyl groups is 1. The van der Waals surface area contributed by atoms with Gasteiger partial charge in [-0.1, -0.05) is 0 Å². The minimum absolute atomic E-state index is 0.314. The van der Waals surface area contributed by atoms with Crippen molar-refractivity contribution in [2.45, 2.75) is 131 Å². The third-order valence-electron chi connectivity index (χ3n) is 7.31. The van der Waals surface area contributed by atoms with E-state index in [2.05, 4.69) is 34.6 Å². The molecule has 0 aliphatic carbocycles. The fourth-order valence-electron chi connectivity index (χ4n) is 4.66. The molecule has 1 aliphatic rings. The van der Waals surface area contributed by atoms with Crippen molar-refractivity contribution in [2.75, 3.05) is 39.4 Å². The number of aliphatic hydroxyl groups excluding tert-OH is 1. The van der Waals surface area contributed by atoms with Crippen LogP contribution in [0.1, 0.15) is 131 Å². The molecule has 1 aromatic rings. The zero-order valence-electron chi connectivity index (χ0n) is 28.9. The second kappa shape index (κ2) is 24.9. The van der Waals surface area contributed by atoms with Gasteiger partial charge in [0.2, 0.25) is 0 Å². The van der Waals surface area contributed by atoms with E-state index in [1.54, 1.807) is 9.21 Å². The summed E-state index contributed by atoms with van der Waals surface area (Å²) >= 11 is 0. The predicted molar refractivity (Wildman–Crippen MR) is 190 cm³/mol. The zero-order chi connectivity index (χ0) is 32.6. The van der Waals surface area contributed by atoms with Crippen molar-refractivity contribution in [1.29, 1.82) is 0 Å². The molecule has 0 bridgehead atoms. The summed E-state index contributed by atoms with van der Waals surface area (Å²) in [7, 11) is -8.85. The van der Waals surface area contributed by atoms with Crippen molar-refractivity contribution in [3.63, 3.8) is 0 Å². The fourth-order valence-corrected chi connectivity index (χ4v) is 15.4. The number of rotatable bonds is 28. The molecule has 10 nitrogen and oxygen atoms in total. The number of nitrogens with zero attached hydrogens (tertiary/aromatic N) is 3. The van der Waals surface area contributed by atoms with E-state index in [9.17, 15) is 5.11 Å². The Kier molecular flexibility index (Phi) is 22.6. The third kappa shape index (κ3) is 13.7. The zero-order valence-corrected chi connectivity index (χ0v) is 31.7. The number of hydrogen-bond acceptors (Lipinski definition) is 10. The summed E-state index contributed by atoms with van der Waals surface area (Å²) in [6.45, 7) is 13.2. The number of unbranched alkanes of at least 4 members (excludes halogenated alkanes) is 10. The molecule has 1 N–H and O–H groups in total. The standard InChI is InChI=1S/C32H64N3O7P3/c1-6-11-19-26-37-34-43(39-28-21-13-8-3)33-45(41-30-23-15-10-5,42-32-24-17-16-18-25-32)35(38-27-20-12-7-2)44(34,31-36)40-29-22-14-9-4/h16-18,24-25,36,44H,6-15,19-23,26-31H2,1-5H3. The summed E-state index contributed by atoms with van der Waals surface area (Å²) in [4.78, 5) is 13.3. The van der Waals surface area contributed by atoms with Gasteiger partial charge in [0.15, 0.2) is 0 Å². The van der Waals surface area contributed by atoms with E-state index in [-0.39, 0.29) is 6.35 Å². The SMILES string of the molecule is CCCCCON1P(OCCCCC)N=P(OCCCCC)(Oc2ccccc2)N(OCCCCC)[PH]1(CO)OCCCCC. The van der Waals surface area contributed by atoms with E-state index in [1.165, 1.54) is 0 Å². The quantitative estimate of drug-likeness (QED) is 0.0679. The van der Waals surface area contributed by atoms with Crippen molar-refractivity contribution in [3.8, 4) is 5.75 Å². The first-order valence-corrected chi connectivity index (χ1v) is 22.3. The molecule has 0 radical (unpaired) electrons. The molecular weight excluding hydrogens is 631 g/mol. The summed E-state index contributed by atoms with van der Waals surface area (Å²) in [5, 5.41) is 11.5. The summed E-state index contributed by atoms with van der Waals surface area (Å²) in [5.74, 6) is 0.623. The molecule has 2 rings (SSSR count). The van der Waals surface area contributed by atoms with Crippen molar-refractivity contribution >= 4 is 23.9 Å². The van der Waals surface area contributed by atoms with Gasteiger partial charge in [-0.25, -0.2) is 0 Å². The molecule has 264 valence electrons. The summed E-state index contributed by atoms with van der Waals surface area (Å²) in [5.41, 5.74) is 0. The normalized spacial score (nSPS) is 21.1. The second-order valence-electron chi connectivity index (χ2n) is 11.4. The Morgan fingerprint density at radius 3 is 1.80 bits per heavy atom. The van der Waals surface area contributed by atoms with Gasteiger partial charge in [-0.05, 0) is 0 Å². The number of hydrogen-bond donors (Lipinski definition) is 1. The van der Waals surface area contributed by atoms with Gasteiger partial charge in [-0.15, -0.1) is 0 Å². The van der Waals surface area contributed by atoms with Crippen molar-refractivity contribution in [1.82, 2.24) is 9.21 Å². The summed E-state index contributed by atoms with van der Waals surface area (Å²) < 4.78 is 35.9. The minimum atomic E-state index is -3.69. The van der Waals surface area contributed by atoms with E-state index in [0.717, 1.165) is 96.3 Å². The average Bonchev–Trinajstić information content (AvgIpc) is 3.06. The van der Waals surface area contributed by atoms with Crippen molar-refractivity contribution < 1.29 is 32.9 Å². The molecular formula is C32H64N3O7P3. The first kappa shape index (κ1) is 41.0. The molecule has 0 spiro atoms. The first-order chi connectivity index (χ1) is 22.1. The maximum atomic E-state index is 11.5. The van der Waals surface area contributed by atoms with Crippen LogP contribution in [0.5, 0.6) is 5.75 Å². The second-order valence-corrected chi connectivity index (χ2v) is 18.7.